The van der Waals surface area contributed by atoms with Crippen molar-refractivity contribution < 1.29 is 26.3 Å². The molecular formula is C23H15F6N7. The zero-order valence-corrected chi connectivity index (χ0v) is 18.1. The molecule has 36 heavy (non-hydrogen) atoms. The minimum Gasteiger partial charge on any atom is -0.324 e. The largest absolute Gasteiger partial charge is 0.433 e. The maximum absolute atomic E-state index is 13.2. The second-order valence-electron chi connectivity index (χ2n) is 7.99. The van der Waals surface area contributed by atoms with Crippen molar-refractivity contribution in [3.63, 3.8) is 0 Å². The average molecular weight is 503 g/mol. The molecule has 13 heteroatoms. The molecule has 1 fully saturated rings. The summed E-state index contributed by atoms with van der Waals surface area (Å²) in [5, 5.41) is 2.65. The molecule has 1 aliphatic rings. The quantitative estimate of drug-likeness (QED) is 0.332. The van der Waals surface area contributed by atoms with Gasteiger partial charge in [0.15, 0.2) is 11.6 Å². The first-order valence-corrected chi connectivity index (χ1v) is 10.6. The first-order chi connectivity index (χ1) is 17.1. The Morgan fingerprint density at radius 1 is 0.694 bits per heavy atom. The van der Waals surface area contributed by atoms with E-state index in [2.05, 4.69) is 35.2 Å². The molecule has 0 aliphatic heterocycles. The Morgan fingerprint density at radius 2 is 1.33 bits per heavy atom. The van der Waals surface area contributed by atoms with Gasteiger partial charge in [-0.15, -0.1) is 0 Å². The SMILES string of the molecule is FC(F)(F)c1cc(Nc2nc(-c3cccc(C4CC4)n3)nc(-c3cccc(C(F)(F)F)n3)n2)ccn1. The summed E-state index contributed by atoms with van der Waals surface area (Å²) in [6, 6.07) is 10.5. The molecule has 0 aromatic carbocycles. The van der Waals surface area contributed by atoms with Crippen molar-refractivity contribution in [3.8, 4) is 23.0 Å². The summed E-state index contributed by atoms with van der Waals surface area (Å²) in [6.07, 6.45) is -6.43. The van der Waals surface area contributed by atoms with Crippen LogP contribution in [0.2, 0.25) is 0 Å². The lowest BCUT2D eigenvalue weighted by Crippen LogP contribution is -2.10. The van der Waals surface area contributed by atoms with Gasteiger partial charge in [-0.1, -0.05) is 12.1 Å². The molecule has 0 spiro atoms. The third kappa shape index (κ3) is 5.24. The van der Waals surface area contributed by atoms with Crippen LogP contribution in [0, 0.1) is 0 Å². The van der Waals surface area contributed by atoms with Crippen LogP contribution in [0.1, 0.15) is 35.8 Å². The molecule has 0 atom stereocenters. The van der Waals surface area contributed by atoms with Gasteiger partial charge in [-0.25, -0.2) is 15.0 Å². The summed E-state index contributed by atoms with van der Waals surface area (Å²) in [5.41, 5.74) is -1.35. The predicted octanol–water partition coefficient (Wildman–Crippen LogP) is 6.05. The molecule has 1 saturated carbocycles. The lowest BCUT2D eigenvalue weighted by atomic mass is 10.2. The standard InChI is InChI=1S/C23H15F6N7/c24-22(25,26)17-6-2-5-16(33-17)20-34-19(15-4-1-3-14(32-15)12-7-8-12)35-21(36-20)31-13-9-10-30-18(11-13)23(27,28)29/h1-6,9-12H,7-8H2,(H,30,31,34,35,36). The summed E-state index contributed by atoms with van der Waals surface area (Å²) in [4.78, 5) is 24.1. The molecule has 0 bridgehead atoms. The summed E-state index contributed by atoms with van der Waals surface area (Å²) in [7, 11) is 0. The Hall–Kier alpha value is -4.16. The molecular weight excluding hydrogens is 488 g/mol. The van der Waals surface area contributed by atoms with Crippen molar-refractivity contribution in [2.24, 2.45) is 0 Å². The lowest BCUT2D eigenvalue weighted by Gasteiger charge is -2.12. The van der Waals surface area contributed by atoms with Crippen molar-refractivity contribution >= 4 is 11.6 Å². The van der Waals surface area contributed by atoms with Crippen LogP contribution in [0.4, 0.5) is 38.0 Å². The zero-order valence-electron chi connectivity index (χ0n) is 18.1. The molecule has 0 amide bonds. The van der Waals surface area contributed by atoms with Crippen LogP contribution in [0.25, 0.3) is 23.0 Å². The van der Waals surface area contributed by atoms with E-state index >= 15 is 0 Å². The monoisotopic (exact) mass is 503 g/mol. The summed E-state index contributed by atoms with van der Waals surface area (Å²) in [6.45, 7) is 0. The van der Waals surface area contributed by atoms with Crippen molar-refractivity contribution in [3.05, 3.63) is 71.8 Å². The van der Waals surface area contributed by atoms with Crippen LogP contribution in [0.5, 0.6) is 0 Å². The van der Waals surface area contributed by atoms with Crippen LogP contribution in [-0.4, -0.2) is 29.9 Å². The van der Waals surface area contributed by atoms with Crippen LogP contribution in [0.15, 0.2) is 54.7 Å². The zero-order chi connectivity index (χ0) is 25.5. The number of halogens is 6. The Balaban J connectivity index is 1.59. The molecule has 4 aromatic heterocycles. The first-order valence-electron chi connectivity index (χ1n) is 10.6. The number of nitrogens with zero attached hydrogens (tertiary/aromatic N) is 6. The molecule has 0 radical (unpaired) electrons. The van der Waals surface area contributed by atoms with Gasteiger partial charge in [0.05, 0.1) is 0 Å². The van der Waals surface area contributed by atoms with E-state index in [1.165, 1.54) is 12.1 Å². The summed E-state index contributed by atoms with van der Waals surface area (Å²) >= 11 is 0. The van der Waals surface area contributed by atoms with E-state index in [0.717, 1.165) is 42.9 Å². The number of hydrogen-bond donors (Lipinski definition) is 1. The fourth-order valence-electron chi connectivity index (χ4n) is 3.35. The van der Waals surface area contributed by atoms with E-state index in [9.17, 15) is 26.3 Å². The number of hydrogen-bond acceptors (Lipinski definition) is 7. The van der Waals surface area contributed by atoms with Gasteiger partial charge in [0.2, 0.25) is 5.95 Å². The summed E-state index contributed by atoms with van der Waals surface area (Å²) < 4.78 is 78.9. The normalized spacial score (nSPS) is 14.1. The third-order valence-electron chi connectivity index (χ3n) is 5.21. The highest BCUT2D eigenvalue weighted by Crippen LogP contribution is 2.39. The fourth-order valence-corrected chi connectivity index (χ4v) is 3.35. The van der Waals surface area contributed by atoms with Gasteiger partial charge in [0.1, 0.15) is 22.8 Å². The highest BCUT2D eigenvalue weighted by molar-refractivity contribution is 5.62. The molecule has 0 saturated heterocycles. The van der Waals surface area contributed by atoms with Crippen molar-refractivity contribution in [2.75, 3.05) is 5.32 Å². The Bertz CT molecular complexity index is 1420. The number of nitrogens with one attached hydrogen (secondary N) is 1. The molecule has 4 aromatic rings. The van der Waals surface area contributed by atoms with Gasteiger partial charge in [0.25, 0.3) is 0 Å². The van der Waals surface area contributed by atoms with E-state index < -0.39 is 23.7 Å². The minimum atomic E-state index is -4.70. The molecule has 0 unspecified atom stereocenters. The van der Waals surface area contributed by atoms with E-state index in [1.807, 2.05) is 6.07 Å². The van der Waals surface area contributed by atoms with Gasteiger partial charge in [-0.2, -0.15) is 36.3 Å². The molecule has 5 rings (SSSR count). The Kier molecular flexibility index (Phi) is 5.77. The second-order valence-corrected chi connectivity index (χ2v) is 7.99. The predicted molar refractivity (Wildman–Crippen MR) is 116 cm³/mol. The van der Waals surface area contributed by atoms with Gasteiger partial charge >= 0.3 is 12.4 Å². The van der Waals surface area contributed by atoms with Crippen molar-refractivity contribution in [1.29, 1.82) is 0 Å². The third-order valence-corrected chi connectivity index (χ3v) is 5.21. The number of aromatic nitrogens is 6. The maximum Gasteiger partial charge on any atom is 0.433 e. The van der Waals surface area contributed by atoms with Gasteiger partial charge in [-0.05, 0) is 49.2 Å². The molecule has 7 nitrogen and oxygen atoms in total. The van der Waals surface area contributed by atoms with Crippen LogP contribution < -0.4 is 5.32 Å². The first kappa shape index (κ1) is 23.6. The Labute approximate surface area is 199 Å². The number of rotatable bonds is 5. The van der Waals surface area contributed by atoms with Gasteiger partial charge in [0, 0.05) is 23.5 Å². The average Bonchev–Trinajstić information content (AvgIpc) is 3.69. The van der Waals surface area contributed by atoms with E-state index in [4.69, 9.17) is 0 Å². The van der Waals surface area contributed by atoms with Crippen LogP contribution in [0.3, 0.4) is 0 Å². The van der Waals surface area contributed by atoms with Crippen LogP contribution in [-0.2, 0) is 12.4 Å². The smallest absolute Gasteiger partial charge is 0.324 e. The van der Waals surface area contributed by atoms with Crippen molar-refractivity contribution in [1.82, 2.24) is 29.9 Å². The second kappa shape index (κ2) is 8.81. The topological polar surface area (TPSA) is 89.4 Å². The molecule has 184 valence electrons. The van der Waals surface area contributed by atoms with E-state index in [1.54, 1.807) is 12.1 Å². The highest BCUT2D eigenvalue weighted by Gasteiger charge is 2.33. The molecule has 4 heterocycles. The fraction of sp³-hybridized carbons (Fsp3) is 0.217. The van der Waals surface area contributed by atoms with Gasteiger partial charge < -0.3 is 5.32 Å². The number of pyridine rings is 3. The minimum absolute atomic E-state index is 0.0225. The number of anilines is 2. The van der Waals surface area contributed by atoms with Gasteiger partial charge in [-0.3, -0.25) is 4.98 Å². The van der Waals surface area contributed by atoms with Crippen LogP contribution >= 0.6 is 0 Å². The number of alkyl halides is 6. The van der Waals surface area contributed by atoms with Crippen molar-refractivity contribution in [2.45, 2.75) is 31.1 Å². The molecule has 1 N–H and O–H groups in total. The maximum atomic E-state index is 13.2. The lowest BCUT2D eigenvalue weighted by molar-refractivity contribution is -0.141. The van der Waals surface area contributed by atoms with E-state index in [0.29, 0.717) is 11.6 Å². The highest BCUT2D eigenvalue weighted by atomic mass is 19.4. The van der Waals surface area contributed by atoms with E-state index in [-0.39, 0.29) is 29.0 Å². The molecule has 1 aliphatic carbocycles. The Morgan fingerprint density at radius 3 is 1.97 bits per heavy atom. The summed E-state index contributed by atoms with van der Waals surface area (Å²) in [5.74, 6) is -0.0783.